The van der Waals surface area contributed by atoms with E-state index in [1.165, 1.54) is 0 Å². The van der Waals surface area contributed by atoms with Crippen molar-refractivity contribution in [1.29, 1.82) is 0 Å². The van der Waals surface area contributed by atoms with Gasteiger partial charge in [-0.2, -0.15) is 0 Å². The molecule has 0 atom stereocenters. The van der Waals surface area contributed by atoms with Gasteiger partial charge in [0.2, 0.25) is 5.91 Å². The Morgan fingerprint density at radius 1 is 1.42 bits per heavy atom. The predicted octanol–water partition coefficient (Wildman–Crippen LogP) is 1.48. The Kier molecular flexibility index (Phi) is 2.75. The number of H-pyrrole nitrogens is 1. The van der Waals surface area contributed by atoms with E-state index in [0.29, 0.717) is 0 Å². The summed E-state index contributed by atoms with van der Waals surface area (Å²) in [5.74, 6) is 0.647. The number of rotatable bonds is 3. The SMILES string of the molecule is Cn1ccnc1CC(=O)Nc1ccc2nc[nH]c2c1. The number of hydrogen-bond donors (Lipinski definition) is 2. The highest BCUT2D eigenvalue weighted by Gasteiger charge is 2.08. The van der Waals surface area contributed by atoms with Crippen LogP contribution in [0.1, 0.15) is 5.82 Å². The van der Waals surface area contributed by atoms with E-state index in [9.17, 15) is 4.79 Å². The molecule has 0 bridgehead atoms. The molecular weight excluding hydrogens is 242 g/mol. The second kappa shape index (κ2) is 4.56. The summed E-state index contributed by atoms with van der Waals surface area (Å²) in [4.78, 5) is 23.2. The van der Waals surface area contributed by atoms with Crippen LogP contribution >= 0.6 is 0 Å². The molecule has 1 amide bonds. The van der Waals surface area contributed by atoms with Gasteiger partial charge < -0.3 is 14.9 Å². The number of nitrogens with one attached hydrogen (secondary N) is 2. The zero-order valence-electron chi connectivity index (χ0n) is 10.4. The van der Waals surface area contributed by atoms with E-state index in [1.807, 2.05) is 36.0 Å². The van der Waals surface area contributed by atoms with Gasteiger partial charge in [-0.05, 0) is 18.2 Å². The Bertz CT molecular complexity index is 727. The number of aromatic nitrogens is 4. The van der Waals surface area contributed by atoms with E-state index >= 15 is 0 Å². The number of carbonyl (C=O) groups excluding carboxylic acids is 1. The van der Waals surface area contributed by atoms with Crippen LogP contribution in [0.2, 0.25) is 0 Å². The molecule has 2 N–H and O–H groups in total. The Morgan fingerprint density at radius 2 is 2.32 bits per heavy atom. The lowest BCUT2D eigenvalue weighted by molar-refractivity contribution is -0.115. The molecule has 6 heteroatoms. The number of benzene rings is 1. The van der Waals surface area contributed by atoms with Crippen molar-refractivity contribution in [2.45, 2.75) is 6.42 Å². The average molecular weight is 255 g/mol. The smallest absolute Gasteiger partial charge is 0.231 e. The Morgan fingerprint density at radius 3 is 3.11 bits per heavy atom. The largest absolute Gasteiger partial charge is 0.345 e. The summed E-state index contributed by atoms with van der Waals surface area (Å²) in [6.45, 7) is 0. The second-order valence-electron chi connectivity index (χ2n) is 4.31. The molecular formula is C13H13N5O. The zero-order chi connectivity index (χ0) is 13.2. The maximum atomic E-state index is 11.9. The molecule has 0 aliphatic heterocycles. The van der Waals surface area contributed by atoms with Crippen LogP contribution in [-0.4, -0.2) is 25.4 Å². The van der Waals surface area contributed by atoms with Crippen LogP contribution in [0.5, 0.6) is 0 Å². The summed E-state index contributed by atoms with van der Waals surface area (Å²) < 4.78 is 1.83. The highest BCUT2D eigenvalue weighted by Crippen LogP contribution is 2.15. The lowest BCUT2D eigenvalue weighted by atomic mass is 10.2. The molecule has 3 rings (SSSR count). The third-order valence-corrected chi connectivity index (χ3v) is 2.94. The van der Waals surface area contributed by atoms with Crippen molar-refractivity contribution in [3.63, 3.8) is 0 Å². The number of fused-ring (bicyclic) bond motifs is 1. The number of aryl methyl sites for hydroxylation is 1. The van der Waals surface area contributed by atoms with E-state index in [2.05, 4.69) is 20.3 Å². The van der Waals surface area contributed by atoms with Gasteiger partial charge in [0.05, 0.1) is 23.8 Å². The number of carbonyl (C=O) groups is 1. The monoisotopic (exact) mass is 255 g/mol. The maximum absolute atomic E-state index is 11.9. The first-order chi connectivity index (χ1) is 9.22. The summed E-state index contributed by atoms with van der Waals surface area (Å²) in [7, 11) is 1.87. The van der Waals surface area contributed by atoms with Crippen LogP contribution in [0.15, 0.2) is 36.9 Å². The highest BCUT2D eigenvalue weighted by molar-refractivity contribution is 5.93. The fourth-order valence-corrected chi connectivity index (χ4v) is 1.93. The van der Waals surface area contributed by atoms with E-state index in [4.69, 9.17) is 0 Å². The summed E-state index contributed by atoms with van der Waals surface area (Å²) in [5, 5.41) is 2.85. The van der Waals surface area contributed by atoms with Crippen molar-refractivity contribution in [1.82, 2.24) is 19.5 Å². The minimum atomic E-state index is -0.0897. The fraction of sp³-hybridized carbons (Fsp3) is 0.154. The van der Waals surface area contributed by atoms with E-state index in [-0.39, 0.29) is 12.3 Å². The number of anilines is 1. The molecule has 0 aliphatic rings. The fourth-order valence-electron chi connectivity index (χ4n) is 1.93. The molecule has 0 saturated carbocycles. The minimum absolute atomic E-state index is 0.0897. The molecule has 0 unspecified atom stereocenters. The number of aromatic amines is 1. The third kappa shape index (κ3) is 2.33. The summed E-state index contributed by atoms with van der Waals surface area (Å²) in [6, 6.07) is 5.56. The first-order valence-electron chi connectivity index (χ1n) is 5.91. The zero-order valence-corrected chi connectivity index (χ0v) is 10.4. The number of amides is 1. The van der Waals surface area contributed by atoms with Gasteiger partial charge in [-0.25, -0.2) is 9.97 Å². The molecule has 96 valence electrons. The number of hydrogen-bond acceptors (Lipinski definition) is 3. The third-order valence-electron chi connectivity index (χ3n) is 2.94. The van der Waals surface area contributed by atoms with Gasteiger partial charge in [0.15, 0.2) is 0 Å². The molecule has 3 aromatic rings. The van der Waals surface area contributed by atoms with Gasteiger partial charge in [-0.15, -0.1) is 0 Å². The lowest BCUT2D eigenvalue weighted by Gasteiger charge is -2.05. The van der Waals surface area contributed by atoms with Crippen LogP contribution < -0.4 is 5.32 Å². The first kappa shape index (κ1) is 11.5. The lowest BCUT2D eigenvalue weighted by Crippen LogP contribution is -2.16. The maximum Gasteiger partial charge on any atom is 0.231 e. The number of imidazole rings is 2. The van der Waals surface area contributed by atoms with Gasteiger partial charge in [0.25, 0.3) is 0 Å². The van der Waals surface area contributed by atoms with Crippen LogP contribution in [0.4, 0.5) is 5.69 Å². The summed E-state index contributed by atoms with van der Waals surface area (Å²) in [6.07, 6.45) is 5.38. The van der Waals surface area contributed by atoms with Gasteiger partial charge in [-0.1, -0.05) is 0 Å². The molecule has 1 aromatic carbocycles. The molecule has 2 aromatic heterocycles. The van der Waals surface area contributed by atoms with Crippen molar-refractivity contribution in [3.8, 4) is 0 Å². The molecule has 2 heterocycles. The van der Waals surface area contributed by atoms with Gasteiger partial charge in [-0.3, -0.25) is 4.79 Å². The molecule has 0 fully saturated rings. The minimum Gasteiger partial charge on any atom is -0.345 e. The average Bonchev–Trinajstić information content (AvgIpc) is 2.98. The normalized spacial score (nSPS) is 10.8. The van der Waals surface area contributed by atoms with E-state index in [1.54, 1.807) is 12.5 Å². The molecule has 0 spiro atoms. The Labute approximate surface area is 109 Å². The van der Waals surface area contributed by atoms with Gasteiger partial charge in [0, 0.05) is 25.1 Å². The van der Waals surface area contributed by atoms with Gasteiger partial charge >= 0.3 is 0 Å². The Balaban J connectivity index is 1.73. The van der Waals surface area contributed by atoms with Crippen LogP contribution in [0.25, 0.3) is 11.0 Å². The molecule has 0 radical (unpaired) electrons. The van der Waals surface area contributed by atoms with Crippen molar-refractivity contribution in [3.05, 3.63) is 42.7 Å². The molecule has 0 saturated heterocycles. The van der Waals surface area contributed by atoms with Crippen molar-refractivity contribution in [2.75, 3.05) is 5.32 Å². The molecule has 19 heavy (non-hydrogen) atoms. The summed E-state index contributed by atoms with van der Waals surface area (Å²) >= 11 is 0. The molecule has 6 nitrogen and oxygen atoms in total. The quantitative estimate of drug-likeness (QED) is 0.744. The van der Waals surface area contributed by atoms with Crippen molar-refractivity contribution < 1.29 is 4.79 Å². The van der Waals surface area contributed by atoms with Crippen LogP contribution in [0.3, 0.4) is 0 Å². The van der Waals surface area contributed by atoms with E-state index < -0.39 is 0 Å². The molecule has 0 aliphatic carbocycles. The van der Waals surface area contributed by atoms with E-state index in [0.717, 1.165) is 22.5 Å². The van der Waals surface area contributed by atoms with Crippen LogP contribution in [-0.2, 0) is 18.3 Å². The second-order valence-corrected chi connectivity index (χ2v) is 4.31. The number of nitrogens with zero attached hydrogens (tertiary/aromatic N) is 3. The topological polar surface area (TPSA) is 75.6 Å². The highest BCUT2D eigenvalue weighted by atomic mass is 16.1. The standard InChI is InChI=1S/C13H13N5O/c1-18-5-4-14-12(18)7-13(19)17-9-2-3-10-11(6-9)16-8-15-10/h2-6,8H,7H2,1H3,(H,15,16)(H,17,19). The van der Waals surface area contributed by atoms with Crippen molar-refractivity contribution >= 4 is 22.6 Å². The van der Waals surface area contributed by atoms with Crippen molar-refractivity contribution in [2.24, 2.45) is 7.05 Å². The first-order valence-corrected chi connectivity index (χ1v) is 5.91. The Hall–Kier alpha value is -2.63. The van der Waals surface area contributed by atoms with Gasteiger partial charge in [0.1, 0.15) is 5.82 Å². The van der Waals surface area contributed by atoms with Crippen LogP contribution in [0, 0.1) is 0 Å². The summed E-state index contributed by atoms with van der Waals surface area (Å²) in [5.41, 5.74) is 2.52. The predicted molar refractivity (Wildman–Crippen MR) is 71.6 cm³/mol.